The van der Waals surface area contributed by atoms with Crippen LogP contribution >= 0.6 is 0 Å². The molecule has 0 saturated carbocycles. The predicted octanol–water partition coefficient (Wildman–Crippen LogP) is 3.31. The van der Waals surface area contributed by atoms with Crippen LogP contribution in [0.4, 0.5) is 0 Å². The minimum Gasteiger partial charge on any atom is -0.481 e. The van der Waals surface area contributed by atoms with Gasteiger partial charge in [0.1, 0.15) is 5.75 Å². The highest BCUT2D eigenvalue weighted by Gasteiger charge is 2.33. The summed E-state index contributed by atoms with van der Waals surface area (Å²) in [7, 11) is 0. The number of aliphatic hydroxyl groups excluding tert-OH is 1. The van der Waals surface area contributed by atoms with Gasteiger partial charge in [0.05, 0.1) is 12.6 Å². The number of carbonyl (C=O) groups excluding carboxylic acids is 1. The molecule has 0 aromatic heterocycles. The van der Waals surface area contributed by atoms with Gasteiger partial charge in [-0.15, -0.1) is 0 Å². The van der Waals surface area contributed by atoms with Crippen LogP contribution in [0.25, 0.3) is 0 Å². The van der Waals surface area contributed by atoms with Gasteiger partial charge in [-0.1, -0.05) is 42.5 Å². The standard InChI is InChI=1S/C20H23NO3/c1-15(24-18-10-5-7-16(13-18)14-22)20(23)21-12-6-11-19(21)17-8-3-2-4-9-17/h2-5,7-10,13,15,19,22H,6,11-12,14H2,1H3. The summed E-state index contributed by atoms with van der Waals surface area (Å²) < 4.78 is 5.81. The van der Waals surface area contributed by atoms with Crippen LogP contribution in [0.3, 0.4) is 0 Å². The van der Waals surface area contributed by atoms with E-state index in [2.05, 4.69) is 12.1 Å². The fourth-order valence-corrected chi connectivity index (χ4v) is 3.26. The van der Waals surface area contributed by atoms with E-state index in [1.165, 1.54) is 5.56 Å². The molecule has 2 unspecified atom stereocenters. The number of hydrogen-bond donors (Lipinski definition) is 1. The van der Waals surface area contributed by atoms with Crippen molar-refractivity contribution in [2.75, 3.05) is 6.54 Å². The number of hydrogen-bond acceptors (Lipinski definition) is 3. The summed E-state index contributed by atoms with van der Waals surface area (Å²) >= 11 is 0. The molecular formula is C20H23NO3. The van der Waals surface area contributed by atoms with Crippen molar-refractivity contribution in [2.24, 2.45) is 0 Å². The molecule has 1 aliphatic rings. The Morgan fingerprint density at radius 1 is 1.25 bits per heavy atom. The zero-order chi connectivity index (χ0) is 16.9. The van der Waals surface area contributed by atoms with Crippen molar-refractivity contribution >= 4 is 5.91 Å². The van der Waals surface area contributed by atoms with Gasteiger partial charge < -0.3 is 14.7 Å². The maximum Gasteiger partial charge on any atom is 0.263 e. The summed E-state index contributed by atoms with van der Waals surface area (Å²) in [5.74, 6) is 0.619. The normalized spacial score (nSPS) is 18.4. The Morgan fingerprint density at radius 3 is 2.79 bits per heavy atom. The van der Waals surface area contributed by atoms with E-state index in [4.69, 9.17) is 4.74 Å². The third kappa shape index (κ3) is 3.60. The molecule has 3 rings (SSSR count). The van der Waals surface area contributed by atoms with Crippen molar-refractivity contribution in [3.05, 3.63) is 65.7 Å². The number of aliphatic hydroxyl groups is 1. The highest BCUT2D eigenvalue weighted by Crippen LogP contribution is 2.32. The number of rotatable bonds is 5. The number of benzene rings is 2. The molecule has 2 aromatic carbocycles. The van der Waals surface area contributed by atoms with E-state index < -0.39 is 6.10 Å². The van der Waals surface area contributed by atoms with Gasteiger partial charge in [0.2, 0.25) is 0 Å². The highest BCUT2D eigenvalue weighted by molar-refractivity contribution is 5.81. The van der Waals surface area contributed by atoms with Gasteiger partial charge in [-0.2, -0.15) is 0 Å². The summed E-state index contributed by atoms with van der Waals surface area (Å²) in [6.45, 7) is 2.51. The second-order valence-electron chi connectivity index (χ2n) is 6.17. The molecule has 0 spiro atoms. The molecule has 2 aromatic rings. The first-order chi connectivity index (χ1) is 11.7. The van der Waals surface area contributed by atoms with Gasteiger partial charge in [0.25, 0.3) is 5.91 Å². The molecule has 24 heavy (non-hydrogen) atoms. The summed E-state index contributed by atoms with van der Waals surface area (Å²) in [4.78, 5) is 14.8. The van der Waals surface area contributed by atoms with Gasteiger partial charge >= 0.3 is 0 Å². The third-order valence-corrected chi connectivity index (χ3v) is 4.46. The fourth-order valence-electron chi connectivity index (χ4n) is 3.26. The monoisotopic (exact) mass is 325 g/mol. The maximum atomic E-state index is 12.8. The average molecular weight is 325 g/mol. The van der Waals surface area contributed by atoms with Crippen molar-refractivity contribution in [1.29, 1.82) is 0 Å². The SMILES string of the molecule is CC(Oc1cccc(CO)c1)C(=O)N1CCCC1c1ccccc1. The maximum absolute atomic E-state index is 12.8. The Bertz CT molecular complexity index is 686. The largest absolute Gasteiger partial charge is 0.481 e. The van der Waals surface area contributed by atoms with E-state index in [0.717, 1.165) is 24.9 Å². The Hall–Kier alpha value is -2.33. The molecule has 1 saturated heterocycles. The first kappa shape index (κ1) is 16.5. The second kappa shape index (κ2) is 7.49. The van der Waals surface area contributed by atoms with Crippen LogP contribution in [0.15, 0.2) is 54.6 Å². The lowest BCUT2D eigenvalue weighted by molar-refractivity contribution is -0.138. The zero-order valence-corrected chi connectivity index (χ0v) is 13.9. The summed E-state index contributed by atoms with van der Waals surface area (Å²) in [6, 6.07) is 17.5. The topological polar surface area (TPSA) is 49.8 Å². The number of nitrogens with zero attached hydrogens (tertiary/aromatic N) is 1. The molecule has 0 radical (unpaired) electrons. The zero-order valence-electron chi connectivity index (χ0n) is 13.9. The molecule has 4 nitrogen and oxygen atoms in total. The Morgan fingerprint density at radius 2 is 2.04 bits per heavy atom. The Balaban J connectivity index is 1.70. The number of ether oxygens (including phenoxy) is 1. The number of amides is 1. The van der Waals surface area contributed by atoms with Crippen molar-refractivity contribution in [1.82, 2.24) is 4.90 Å². The lowest BCUT2D eigenvalue weighted by Gasteiger charge is -2.28. The lowest BCUT2D eigenvalue weighted by Crippen LogP contribution is -2.40. The molecule has 4 heteroatoms. The quantitative estimate of drug-likeness (QED) is 0.917. The molecule has 1 fully saturated rings. The van der Waals surface area contributed by atoms with Gasteiger partial charge in [0, 0.05) is 6.54 Å². The molecule has 1 amide bonds. The molecule has 0 aliphatic carbocycles. The van der Waals surface area contributed by atoms with Crippen molar-refractivity contribution in [3.8, 4) is 5.75 Å². The fraction of sp³-hybridized carbons (Fsp3) is 0.350. The van der Waals surface area contributed by atoms with E-state index >= 15 is 0 Å². The molecule has 126 valence electrons. The van der Waals surface area contributed by atoms with Gasteiger partial charge in [-0.25, -0.2) is 0 Å². The predicted molar refractivity (Wildman–Crippen MR) is 92.6 cm³/mol. The average Bonchev–Trinajstić information content (AvgIpc) is 3.11. The van der Waals surface area contributed by atoms with E-state index in [0.29, 0.717) is 5.75 Å². The Kier molecular flexibility index (Phi) is 5.16. The summed E-state index contributed by atoms with van der Waals surface area (Å²) in [6.07, 6.45) is 1.45. The minimum absolute atomic E-state index is 0.00996. The number of likely N-dealkylation sites (tertiary alicyclic amines) is 1. The van der Waals surface area contributed by atoms with Gasteiger partial charge in [0.15, 0.2) is 6.10 Å². The molecule has 0 bridgehead atoms. The highest BCUT2D eigenvalue weighted by atomic mass is 16.5. The van der Waals surface area contributed by atoms with Crippen LogP contribution < -0.4 is 4.74 Å². The smallest absolute Gasteiger partial charge is 0.263 e. The van der Waals surface area contributed by atoms with Crippen LogP contribution in [0, 0.1) is 0 Å². The Labute approximate surface area is 142 Å². The molecule has 1 N–H and O–H groups in total. The van der Waals surface area contributed by atoms with Crippen LogP contribution in [-0.2, 0) is 11.4 Å². The van der Waals surface area contributed by atoms with Crippen LogP contribution in [-0.4, -0.2) is 28.6 Å². The van der Waals surface area contributed by atoms with E-state index in [9.17, 15) is 9.90 Å². The second-order valence-corrected chi connectivity index (χ2v) is 6.17. The number of carbonyl (C=O) groups is 1. The summed E-state index contributed by atoms with van der Waals surface area (Å²) in [5, 5.41) is 9.21. The van der Waals surface area contributed by atoms with E-state index in [1.54, 1.807) is 13.0 Å². The first-order valence-corrected chi connectivity index (χ1v) is 8.41. The molecule has 1 heterocycles. The van der Waals surface area contributed by atoms with E-state index in [1.807, 2.05) is 41.3 Å². The van der Waals surface area contributed by atoms with Crippen molar-refractivity contribution < 1.29 is 14.6 Å². The van der Waals surface area contributed by atoms with Crippen LogP contribution in [0.2, 0.25) is 0 Å². The summed E-state index contributed by atoms with van der Waals surface area (Å²) in [5.41, 5.74) is 1.95. The van der Waals surface area contributed by atoms with Gasteiger partial charge in [-0.05, 0) is 43.0 Å². The minimum atomic E-state index is -0.553. The van der Waals surface area contributed by atoms with Crippen molar-refractivity contribution in [2.45, 2.75) is 38.5 Å². The first-order valence-electron chi connectivity index (χ1n) is 8.41. The molecule has 1 aliphatic heterocycles. The molecular weight excluding hydrogens is 302 g/mol. The van der Waals surface area contributed by atoms with Crippen LogP contribution in [0.1, 0.15) is 36.9 Å². The lowest BCUT2D eigenvalue weighted by atomic mass is 10.0. The van der Waals surface area contributed by atoms with Crippen molar-refractivity contribution in [3.63, 3.8) is 0 Å². The third-order valence-electron chi connectivity index (χ3n) is 4.46. The van der Waals surface area contributed by atoms with Crippen LogP contribution in [0.5, 0.6) is 5.75 Å². The molecule has 2 atom stereocenters. The van der Waals surface area contributed by atoms with Gasteiger partial charge in [-0.3, -0.25) is 4.79 Å². The van der Waals surface area contributed by atoms with E-state index in [-0.39, 0.29) is 18.6 Å².